The SMILES string of the molecule is COc1ccc(Br)cc1CN(C)Cc1ccc(Br)cc1. The first-order valence-corrected chi connectivity index (χ1v) is 7.92. The molecule has 20 heavy (non-hydrogen) atoms. The molecule has 0 aliphatic rings. The Balaban J connectivity index is 2.05. The van der Waals surface area contributed by atoms with Crippen molar-refractivity contribution in [2.75, 3.05) is 14.2 Å². The van der Waals surface area contributed by atoms with Crippen LogP contribution in [0.3, 0.4) is 0 Å². The minimum Gasteiger partial charge on any atom is -0.496 e. The van der Waals surface area contributed by atoms with E-state index in [4.69, 9.17) is 4.74 Å². The topological polar surface area (TPSA) is 12.5 Å². The lowest BCUT2D eigenvalue weighted by Crippen LogP contribution is -2.17. The van der Waals surface area contributed by atoms with Gasteiger partial charge < -0.3 is 4.74 Å². The van der Waals surface area contributed by atoms with Crippen LogP contribution in [0.4, 0.5) is 0 Å². The quantitative estimate of drug-likeness (QED) is 0.713. The van der Waals surface area contributed by atoms with Crippen LogP contribution < -0.4 is 4.74 Å². The van der Waals surface area contributed by atoms with E-state index in [9.17, 15) is 0 Å². The smallest absolute Gasteiger partial charge is 0.123 e. The van der Waals surface area contributed by atoms with Gasteiger partial charge in [-0.05, 0) is 42.9 Å². The summed E-state index contributed by atoms with van der Waals surface area (Å²) in [6, 6.07) is 14.5. The summed E-state index contributed by atoms with van der Waals surface area (Å²) >= 11 is 6.97. The van der Waals surface area contributed by atoms with Gasteiger partial charge in [0.05, 0.1) is 7.11 Å². The molecular weight excluding hydrogens is 382 g/mol. The number of benzene rings is 2. The van der Waals surface area contributed by atoms with Crippen molar-refractivity contribution in [3.05, 3.63) is 62.5 Å². The molecule has 0 saturated carbocycles. The molecule has 0 amide bonds. The Bertz CT molecular complexity index is 569. The fourth-order valence-electron chi connectivity index (χ4n) is 2.12. The lowest BCUT2D eigenvalue weighted by atomic mass is 10.1. The van der Waals surface area contributed by atoms with Crippen LogP contribution in [-0.2, 0) is 13.1 Å². The first kappa shape index (κ1) is 15.5. The number of hydrogen-bond acceptors (Lipinski definition) is 2. The number of nitrogens with zero attached hydrogens (tertiary/aromatic N) is 1. The van der Waals surface area contributed by atoms with Gasteiger partial charge in [0.2, 0.25) is 0 Å². The summed E-state index contributed by atoms with van der Waals surface area (Å²) in [5, 5.41) is 0. The molecule has 0 aliphatic heterocycles. The molecule has 0 atom stereocenters. The average molecular weight is 399 g/mol. The van der Waals surface area contributed by atoms with E-state index in [0.717, 1.165) is 27.8 Å². The minimum absolute atomic E-state index is 0.846. The highest BCUT2D eigenvalue weighted by Gasteiger charge is 2.07. The summed E-state index contributed by atoms with van der Waals surface area (Å²) in [6.07, 6.45) is 0. The Labute approximate surface area is 137 Å². The highest BCUT2D eigenvalue weighted by atomic mass is 79.9. The normalized spacial score (nSPS) is 10.8. The molecule has 0 N–H and O–H groups in total. The standard InChI is InChI=1S/C16H17Br2NO/c1-19(10-12-3-5-14(17)6-4-12)11-13-9-15(18)7-8-16(13)20-2/h3-9H,10-11H2,1-2H3. The maximum absolute atomic E-state index is 5.41. The van der Waals surface area contributed by atoms with Gasteiger partial charge in [-0.15, -0.1) is 0 Å². The third-order valence-electron chi connectivity index (χ3n) is 3.05. The van der Waals surface area contributed by atoms with E-state index in [1.165, 1.54) is 11.1 Å². The summed E-state index contributed by atoms with van der Waals surface area (Å²) in [6.45, 7) is 1.75. The minimum atomic E-state index is 0.846. The highest BCUT2D eigenvalue weighted by molar-refractivity contribution is 9.10. The molecule has 2 aromatic carbocycles. The van der Waals surface area contributed by atoms with Gasteiger partial charge in [0.25, 0.3) is 0 Å². The molecule has 0 fully saturated rings. The second-order valence-electron chi connectivity index (χ2n) is 4.75. The molecule has 106 valence electrons. The van der Waals surface area contributed by atoms with E-state index in [1.807, 2.05) is 12.1 Å². The van der Waals surface area contributed by atoms with Crippen LogP contribution in [0.2, 0.25) is 0 Å². The predicted octanol–water partition coefficient (Wildman–Crippen LogP) is 4.85. The summed E-state index contributed by atoms with van der Waals surface area (Å²) in [5.41, 5.74) is 2.48. The van der Waals surface area contributed by atoms with Crippen LogP contribution >= 0.6 is 31.9 Å². The second-order valence-corrected chi connectivity index (χ2v) is 6.59. The van der Waals surface area contributed by atoms with Gasteiger partial charge in [0, 0.05) is 27.6 Å². The zero-order valence-electron chi connectivity index (χ0n) is 11.6. The van der Waals surface area contributed by atoms with Crippen molar-refractivity contribution < 1.29 is 4.74 Å². The third-order valence-corrected chi connectivity index (χ3v) is 4.07. The summed E-state index contributed by atoms with van der Waals surface area (Å²) in [7, 11) is 3.82. The van der Waals surface area contributed by atoms with Gasteiger partial charge in [-0.2, -0.15) is 0 Å². The Morgan fingerprint density at radius 1 is 0.950 bits per heavy atom. The molecule has 2 rings (SSSR count). The molecule has 0 heterocycles. The lowest BCUT2D eigenvalue weighted by Gasteiger charge is -2.19. The molecule has 0 spiro atoms. The Morgan fingerprint density at radius 3 is 2.25 bits per heavy atom. The zero-order chi connectivity index (χ0) is 14.5. The van der Waals surface area contributed by atoms with Crippen LogP contribution in [0.25, 0.3) is 0 Å². The summed E-state index contributed by atoms with van der Waals surface area (Å²) < 4.78 is 7.60. The number of ether oxygens (including phenoxy) is 1. The van der Waals surface area contributed by atoms with E-state index < -0.39 is 0 Å². The molecule has 0 unspecified atom stereocenters. The van der Waals surface area contributed by atoms with E-state index in [2.05, 4.69) is 74.1 Å². The van der Waals surface area contributed by atoms with Crippen LogP contribution in [0, 0.1) is 0 Å². The van der Waals surface area contributed by atoms with Gasteiger partial charge in [0.15, 0.2) is 0 Å². The molecule has 2 aromatic rings. The van der Waals surface area contributed by atoms with Gasteiger partial charge >= 0.3 is 0 Å². The molecule has 0 aromatic heterocycles. The monoisotopic (exact) mass is 397 g/mol. The fourth-order valence-corrected chi connectivity index (χ4v) is 2.79. The van der Waals surface area contributed by atoms with E-state index in [1.54, 1.807) is 7.11 Å². The Kier molecular flexibility index (Phi) is 5.64. The Morgan fingerprint density at radius 2 is 1.60 bits per heavy atom. The van der Waals surface area contributed by atoms with Crippen molar-refractivity contribution >= 4 is 31.9 Å². The Hall–Kier alpha value is -0.840. The van der Waals surface area contributed by atoms with Crippen molar-refractivity contribution in [2.45, 2.75) is 13.1 Å². The van der Waals surface area contributed by atoms with Crippen molar-refractivity contribution in [3.8, 4) is 5.75 Å². The van der Waals surface area contributed by atoms with Gasteiger partial charge in [0.1, 0.15) is 5.75 Å². The fraction of sp³-hybridized carbons (Fsp3) is 0.250. The van der Waals surface area contributed by atoms with Crippen LogP contribution in [0.15, 0.2) is 51.4 Å². The maximum Gasteiger partial charge on any atom is 0.123 e. The lowest BCUT2D eigenvalue weighted by molar-refractivity contribution is 0.310. The number of rotatable bonds is 5. The molecule has 0 aliphatic carbocycles. The van der Waals surface area contributed by atoms with Crippen LogP contribution in [0.5, 0.6) is 5.75 Å². The number of hydrogen-bond donors (Lipinski definition) is 0. The first-order valence-electron chi connectivity index (χ1n) is 6.34. The summed E-state index contributed by atoms with van der Waals surface area (Å²) in [5.74, 6) is 0.927. The second kappa shape index (κ2) is 7.25. The van der Waals surface area contributed by atoms with Crippen LogP contribution in [0.1, 0.15) is 11.1 Å². The summed E-state index contributed by atoms with van der Waals surface area (Å²) in [4.78, 5) is 2.27. The third kappa shape index (κ3) is 4.33. The van der Waals surface area contributed by atoms with Gasteiger partial charge in [-0.25, -0.2) is 0 Å². The number of halogens is 2. The van der Waals surface area contributed by atoms with E-state index in [-0.39, 0.29) is 0 Å². The molecule has 0 radical (unpaired) electrons. The molecule has 0 bridgehead atoms. The average Bonchev–Trinajstić information content (AvgIpc) is 2.41. The van der Waals surface area contributed by atoms with Crippen molar-refractivity contribution in [1.82, 2.24) is 4.90 Å². The van der Waals surface area contributed by atoms with E-state index in [0.29, 0.717) is 0 Å². The first-order chi connectivity index (χ1) is 9.58. The van der Waals surface area contributed by atoms with Crippen molar-refractivity contribution in [2.24, 2.45) is 0 Å². The van der Waals surface area contributed by atoms with Crippen molar-refractivity contribution in [1.29, 1.82) is 0 Å². The zero-order valence-corrected chi connectivity index (χ0v) is 14.7. The van der Waals surface area contributed by atoms with Gasteiger partial charge in [-0.1, -0.05) is 44.0 Å². The van der Waals surface area contributed by atoms with E-state index >= 15 is 0 Å². The molecular formula is C16H17Br2NO. The van der Waals surface area contributed by atoms with Crippen LogP contribution in [-0.4, -0.2) is 19.1 Å². The van der Waals surface area contributed by atoms with Gasteiger partial charge in [-0.3, -0.25) is 4.90 Å². The number of methoxy groups -OCH3 is 1. The van der Waals surface area contributed by atoms with Crippen molar-refractivity contribution in [3.63, 3.8) is 0 Å². The maximum atomic E-state index is 5.41. The molecule has 2 nitrogen and oxygen atoms in total. The highest BCUT2D eigenvalue weighted by Crippen LogP contribution is 2.24. The predicted molar refractivity (Wildman–Crippen MR) is 90.0 cm³/mol. The molecule has 4 heteroatoms. The molecule has 0 saturated heterocycles. The largest absolute Gasteiger partial charge is 0.496 e.